The van der Waals surface area contributed by atoms with Crippen molar-refractivity contribution in [3.8, 4) is 0 Å². The minimum absolute atomic E-state index is 0.00764. The number of aromatic carboxylic acids is 1. The molecule has 1 aromatic carbocycles. The molecule has 1 heterocycles. The molecule has 1 aromatic heterocycles. The number of sulfonamides is 1. The van der Waals surface area contributed by atoms with Gasteiger partial charge in [0.25, 0.3) is 0 Å². The van der Waals surface area contributed by atoms with E-state index >= 15 is 0 Å². The van der Waals surface area contributed by atoms with E-state index in [2.05, 4.69) is 0 Å². The third-order valence-electron chi connectivity index (χ3n) is 3.40. The van der Waals surface area contributed by atoms with Gasteiger partial charge in [-0.15, -0.1) is 11.3 Å². The summed E-state index contributed by atoms with van der Waals surface area (Å²) in [6.07, 6.45) is 0. The van der Waals surface area contributed by atoms with Crippen LogP contribution in [0.5, 0.6) is 0 Å². The molecule has 0 radical (unpaired) electrons. The highest BCUT2D eigenvalue weighted by molar-refractivity contribution is 7.89. The van der Waals surface area contributed by atoms with Crippen molar-refractivity contribution in [3.63, 3.8) is 0 Å². The molecule has 0 aliphatic carbocycles. The molecule has 7 heteroatoms. The first-order valence-corrected chi connectivity index (χ1v) is 9.05. The third-order valence-corrected chi connectivity index (χ3v) is 6.32. The molecule has 0 amide bonds. The summed E-state index contributed by atoms with van der Waals surface area (Å²) >= 11 is 1.49. The van der Waals surface area contributed by atoms with E-state index in [0.717, 1.165) is 4.88 Å². The van der Waals surface area contributed by atoms with Crippen LogP contribution in [0.25, 0.3) is 0 Å². The number of hydrogen-bond acceptors (Lipinski definition) is 4. The summed E-state index contributed by atoms with van der Waals surface area (Å²) in [6, 6.07) is 8.07. The summed E-state index contributed by atoms with van der Waals surface area (Å²) in [7, 11) is -3.74. The first kappa shape index (κ1) is 16.7. The van der Waals surface area contributed by atoms with E-state index in [9.17, 15) is 13.2 Å². The number of carbonyl (C=O) groups is 1. The molecule has 0 fully saturated rings. The number of thiophene rings is 1. The molecule has 0 aliphatic heterocycles. The van der Waals surface area contributed by atoms with Gasteiger partial charge in [0.15, 0.2) is 0 Å². The van der Waals surface area contributed by atoms with E-state index in [1.807, 2.05) is 17.5 Å². The number of hydrogen-bond donors (Lipinski definition) is 1. The zero-order valence-electron chi connectivity index (χ0n) is 12.3. The smallest absolute Gasteiger partial charge is 0.335 e. The Labute approximate surface area is 133 Å². The monoisotopic (exact) mass is 339 g/mol. The minimum atomic E-state index is -3.74. The Balaban J connectivity index is 2.44. The summed E-state index contributed by atoms with van der Waals surface area (Å²) in [5.74, 6) is -1.13. The van der Waals surface area contributed by atoms with E-state index < -0.39 is 16.0 Å². The lowest BCUT2D eigenvalue weighted by Gasteiger charge is -2.21. The van der Waals surface area contributed by atoms with Crippen molar-refractivity contribution < 1.29 is 18.3 Å². The number of rotatable bonds is 6. The van der Waals surface area contributed by atoms with Gasteiger partial charge in [-0.05, 0) is 36.1 Å². The zero-order chi connectivity index (χ0) is 16.3. The SMILES string of the molecule is CCN(Cc1cccs1)S(=O)(=O)c1cccc(C(=O)O)c1C. The van der Waals surface area contributed by atoms with Crippen LogP contribution in [0, 0.1) is 6.92 Å². The summed E-state index contributed by atoms with van der Waals surface area (Å²) in [5, 5.41) is 11.0. The van der Waals surface area contributed by atoms with Crippen molar-refractivity contribution in [1.29, 1.82) is 0 Å². The van der Waals surface area contributed by atoms with Gasteiger partial charge in [0.2, 0.25) is 10.0 Å². The summed E-state index contributed by atoms with van der Waals surface area (Å²) in [4.78, 5) is 12.2. The molecule has 0 saturated carbocycles. The maximum Gasteiger partial charge on any atom is 0.335 e. The molecule has 0 saturated heterocycles. The first-order chi connectivity index (χ1) is 10.4. The summed E-state index contributed by atoms with van der Waals surface area (Å²) < 4.78 is 27.0. The quantitative estimate of drug-likeness (QED) is 0.878. The van der Waals surface area contributed by atoms with Gasteiger partial charge in [0, 0.05) is 18.0 Å². The molecular weight excluding hydrogens is 322 g/mol. The fourth-order valence-corrected chi connectivity index (χ4v) is 4.68. The van der Waals surface area contributed by atoms with E-state index in [-0.39, 0.29) is 22.6 Å². The number of benzene rings is 1. The lowest BCUT2D eigenvalue weighted by Crippen LogP contribution is -2.31. The number of nitrogens with zero attached hydrogens (tertiary/aromatic N) is 1. The minimum Gasteiger partial charge on any atom is -0.478 e. The number of carboxylic acids is 1. The molecule has 0 unspecified atom stereocenters. The maximum atomic E-state index is 12.8. The maximum absolute atomic E-state index is 12.8. The van der Waals surface area contributed by atoms with Crippen LogP contribution in [0.4, 0.5) is 0 Å². The second-order valence-corrected chi connectivity index (χ2v) is 7.68. The van der Waals surface area contributed by atoms with Crippen molar-refractivity contribution in [2.75, 3.05) is 6.54 Å². The summed E-state index contributed by atoms with van der Waals surface area (Å²) in [5.41, 5.74) is 0.271. The number of carboxylic acid groups (broad SMARTS) is 1. The molecule has 0 aliphatic rings. The lowest BCUT2D eigenvalue weighted by atomic mass is 10.1. The Kier molecular flexibility index (Phi) is 5.00. The van der Waals surface area contributed by atoms with Gasteiger partial charge in [-0.3, -0.25) is 0 Å². The fourth-order valence-electron chi connectivity index (χ4n) is 2.21. The molecule has 118 valence electrons. The van der Waals surface area contributed by atoms with Gasteiger partial charge in [0.05, 0.1) is 10.5 Å². The van der Waals surface area contributed by atoms with Gasteiger partial charge >= 0.3 is 5.97 Å². The molecule has 22 heavy (non-hydrogen) atoms. The predicted molar refractivity (Wildman–Crippen MR) is 85.7 cm³/mol. The van der Waals surface area contributed by atoms with E-state index in [1.54, 1.807) is 6.92 Å². The van der Waals surface area contributed by atoms with Gasteiger partial charge in [-0.1, -0.05) is 19.1 Å². The standard InChI is InChI=1S/C15H17NO4S2/c1-3-16(10-12-6-5-9-21-12)22(19,20)14-8-4-7-13(11(14)2)15(17)18/h4-9H,3,10H2,1-2H3,(H,17,18). The van der Waals surface area contributed by atoms with E-state index in [1.165, 1.54) is 40.8 Å². The van der Waals surface area contributed by atoms with E-state index in [4.69, 9.17) is 5.11 Å². The van der Waals surface area contributed by atoms with Gasteiger partial charge in [-0.25, -0.2) is 13.2 Å². The Morgan fingerprint density at radius 3 is 2.55 bits per heavy atom. The third kappa shape index (κ3) is 3.21. The van der Waals surface area contributed by atoms with Crippen LogP contribution < -0.4 is 0 Å². The second-order valence-electron chi connectivity index (χ2n) is 4.74. The Bertz CT molecular complexity index is 767. The van der Waals surface area contributed by atoms with Crippen LogP contribution in [0.1, 0.15) is 27.7 Å². The largest absolute Gasteiger partial charge is 0.478 e. The van der Waals surface area contributed by atoms with Crippen LogP contribution in [0.15, 0.2) is 40.6 Å². The van der Waals surface area contributed by atoms with Crippen molar-refractivity contribution >= 4 is 27.3 Å². The fraction of sp³-hybridized carbons (Fsp3) is 0.267. The molecule has 5 nitrogen and oxygen atoms in total. The predicted octanol–water partition coefficient (Wildman–Crippen LogP) is 2.97. The van der Waals surface area contributed by atoms with Crippen LogP contribution in [0.3, 0.4) is 0 Å². The second kappa shape index (κ2) is 6.60. The lowest BCUT2D eigenvalue weighted by molar-refractivity contribution is 0.0696. The normalized spacial score (nSPS) is 11.8. The first-order valence-electron chi connectivity index (χ1n) is 6.73. The summed E-state index contributed by atoms with van der Waals surface area (Å²) in [6.45, 7) is 3.89. The zero-order valence-corrected chi connectivity index (χ0v) is 13.9. The van der Waals surface area contributed by atoms with Gasteiger partial charge < -0.3 is 5.11 Å². The Hall–Kier alpha value is -1.70. The van der Waals surface area contributed by atoms with E-state index in [0.29, 0.717) is 6.54 Å². The molecule has 0 atom stereocenters. The average molecular weight is 339 g/mol. The Morgan fingerprint density at radius 2 is 2.00 bits per heavy atom. The van der Waals surface area contributed by atoms with Crippen molar-refractivity contribution in [1.82, 2.24) is 4.31 Å². The highest BCUT2D eigenvalue weighted by Gasteiger charge is 2.27. The van der Waals surface area contributed by atoms with Gasteiger partial charge in [-0.2, -0.15) is 4.31 Å². The van der Waals surface area contributed by atoms with Gasteiger partial charge in [0.1, 0.15) is 0 Å². The molecule has 1 N–H and O–H groups in total. The molecule has 2 aromatic rings. The van der Waals surface area contributed by atoms with Crippen LogP contribution >= 0.6 is 11.3 Å². The molecule has 0 spiro atoms. The molecular formula is C15H17NO4S2. The van der Waals surface area contributed by atoms with Crippen molar-refractivity contribution in [2.24, 2.45) is 0 Å². The highest BCUT2D eigenvalue weighted by Crippen LogP contribution is 2.25. The topological polar surface area (TPSA) is 74.7 Å². The molecule has 2 rings (SSSR count). The van der Waals surface area contributed by atoms with Crippen LogP contribution in [-0.2, 0) is 16.6 Å². The average Bonchev–Trinajstić information content (AvgIpc) is 2.97. The van der Waals surface area contributed by atoms with Crippen LogP contribution in [0.2, 0.25) is 0 Å². The van der Waals surface area contributed by atoms with Crippen molar-refractivity contribution in [2.45, 2.75) is 25.3 Å². The highest BCUT2D eigenvalue weighted by atomic mass is 32.2. The Morgan fingerprint density at radius 1 is 1.27 bits per heavy atom. The molecule has 0 bridgehead atoms. The van der Waals surface area contributed by atoms with Crippen LogP contribution in [-0.4, -0.2) is 30.3 Å². The van der Waals surface area contributed by atoms with Crippen molar-refractivity contribution in [3.05, 3.63) is 51.7 Å².